The van der Waals surface area contributed by atoms with Crippen molar-refractivity contribution in [1.82, 2.24) is 0 Å². The average molecular weight is 310 g/mol. The lowest BCUT2D eigenvalue weighted by molar-refractivity contribution is -0.0311. The number of ether oxygens (including phenoxy) is 3. The Labute approximate surface area is 128 Å². The number of hydrogen-bond acceptors (Lipinski definition) is 5. The SMILES string of the molecule is N#CC1(C(O)c2cc(Cl)c3c(c2)OCCO3)CCOCC1. The Hall–Kier alpha value is -1.48. The standard InChI is InChI=1S/C15H16ClNO4/c16-11-7-10(8-12-13(11)21-6-5-20-12)14(18)15(9-17)1-3-19-4-2-15/h7-8,14,18H,1-6H2. The summed E-state index contributed by atoms with van der Waals surface area (Å²) >= 11 is 6.20. The van der Waals surface area contributed by atoms with Crippen LogP contribution < -0.4 is 9.47 Å². The molecule has 112 valence electrons. The Morgan fingerprint density at radius 1 is 1.19 bits per heavy atom. The van der Waals surface area contributed by atoms with Crippen LogP contribution >= 0.6 is 11.6 Å². The fourth-order valence-electron chi connectivity index (χ4n) is 2.79. The highest BCUT2D eigenvalue weighted by Gasteiger charge is 2.41. The predicted octanol–water partition coefficient (Wildman–Crippen LogP) is 2.46. The zero-order valence-corrected chi connectivity index (χ0v) is 12.2. The van der Waals surface area contributed by atoms with Crippen LogP contribution in [-0.4, -0.2) is 31.5 Å². The Morgan fingerprint density at radius 2 is 1.90 bits per heavy atom. The van der Waals surface area contributed by atoms with E-state index in [1.807, 2.05) is 0 Å². The molecule has 0 aromatic heterocycles. The van der Waals surface area contributed by atoms with Gasteiger partial charge in [0, 0.05) is 13.2 Å². The molecule has 1 saturated heterocycles. The van der Waals surface area contributed by atoms with Crippen LogP contribution in [-0.2, 0) is 4.74 Å². The lowest BCUT2D eigenvalue weighted by atomic mass is 9.74. The van der Waals surface area contributed by atoms with E-state index in [0.717, 1.165) is 0 Å². The van der Waals surface area contributed by atoms with Gasteiger partial charge in [-0.15, -0.1) is 0 Å². The average Bonchev–Trinajstić information content (AvgIpc) is 2.54. The van der Waals surface area contributed by atoms with E-state index in [1.54, 1.807) is 12.1 Å². The molecule has 5 nitrogen and oxygen atoms in total. The molecule has 6 heteroatoms. The maximum atomic E-state index is 10.7. The maximum Gasteiger partial charge on any atom is 0.179 e. The Balaban J connectivity index is 1.96. The molecule has 3 rings (SSSR count). The Kier molecular flexibility index (Phi) is 3.94. The van der Waals surface area contributed by atoms with E-state index in [1.165, 1.54) is 0 Å². The quantitative estimate of drug-likeness (QED) is 0.908. The van der Waals surface area contributed by atoms with E-state index < -0.39 is 11.5 Å². The van der Waals surface area contributed by atoms with Gasteiger partial charge in [0.2, 0.25) is 0 Å². The number of fused-ring (bicyclic) bond motifs is 1. The predicted molar refractivity (Wildman–Crippen MR) is 75.5 cm³/mol. The van der Waals surface area contributed by atoms with Gasteiger partial charge in [-0.05, 0) is 30.5 Å². The molecule has 0 amide bonds. The van der Waals surface area contributed by atoms with E-state index in [-0.39, 0.29) is 0 Å². The van der Waals surface area contributed by atoms with Crippen LogP contribution in [0.4, 0.5) is 0 Å². The monoisotopic (exact) mass is 309 g/mol. The summed E-state index contributed by atoms with van der Waals surface area (Å²) < 4.78 is 16.3. The van der Waals surface area contributed by atoms with Crippen LogP contribution in [0.25, 0.3) is 0 Å². The van der Waals surface area contributed by atoms with E-state index in [2.05, 4.69) is 6.07 Å². The van der Waals surface area contributed by atoms with E-state index in [0.29, 0.717) is 61.4 Å². The molecule has 0 spiro atoms. The van der Waals surface area contributed by atoms with Crippen molar-refractivity contribution < 1.29 is 19.3 Å². The molecule has 1 fully saturated rings. The molecule has 0 radical (unpaired) electrons. The molecule has 0 bridgehead atoms. The summed E-state index contributed by atoms with van der Waals surface area (Å²) in [5.74, 6) is 1.01. The van der Waals surface area contributed by atoms with Crippen LogP contribution in [0.15, 0.2) is 12.1 Å². The van der Waals surface area contributed by atoms with Crippen LogP contribution in [0.1, 0.15) is 24.5 Å². The second-order valence-corrected chi connectivity index (χ2v) is 5.72. The highest BCUT2D eigenvalue weighted by Crippen LogP contribution is 2.46. The molecule has 1 atom stereocenters. The lowest BCUT2D eigenvalue weighted by Gasteiger charge is -2.35. The van der Waals surface area contributed by atoms with Crippen LogP contribution in [0.5, 0.6) is 11.5 Å². The van der Waals surface area contributed by atoms with Gasteiger partial charge < -0.3 is 19.3 Å². The number of aliphatic hydroxyl groups excluding tert-OH is 1. The minimum atomic E-state index is -0.931. The second kappa shape index (κ2) is 5.72. The van der Waals surface area contributed by atoms with Crippen LogP contribution in [0, 0.1) is 16.7 Å². The maximum absolute atomic E-state index is 10.7. The highest BCUT2D eigenvalue weighted by atomic mass is 35.5. The molecular formula is C15H16ClNO4. The number of halogens is 1. The van der Waals surface area contributed by atoms with Crippen molar-refractivity contribution in [3.63, 3.8) is 0 Å². The summed E-state index contributed by atoms with van der Waals surface area (Å²) in [5.41, 5.74) is -0.265. The molecule has 0 aliphatic carbocycles. The number of aliphatic hydroxyl groups is 1. The summed E-state index contributed by atoms with van der Waals surface area (Å²) in [7, 11) is 0. The summed E-state index contributed by atoms with van der Waals surface area (Å²) in [6, 6.07) is 5.63. The van der Waals surface area contributed by atoms with E-state index in [9.17, 15) is 10.4 Å². The van der Waals surface area contributed by atoms with Gasteiger partial charge in [0.1, 0.15) is 13.2 Å². The van der Waals surface area contributed by atoms with Crippen LogP contribution in [0.2, 0.25) is 5.02 Å². The lowest BCUT2D eigenvalue weighted by Crippen LogP contribution is -2.34. The fraction of sp³-hybridized carbons (Fsp3) is 0.533. The molecule has 0 saturated carbocycles. The number of nitrogens with zero attached hydrogens (tertiary/aromatic N) is 1. The van der Waals surface area contributed by atoms with Gasteiger partial charge >= 0.3 is 0 Å². The second-order valence-electron chi connectivity index (χ2n) is 5.31. The molecule has 2 aliphatic heterocycles. The highest BCUT2D eigenvalue weighted by molar-refractivity contribution is 6.32. The Bertz CT molecular complexity index is 578. The van der Waals surface area contributed by atoms with Crippen molar-refractivity contribution in [1.29, 1.82) is 5.26 Å². The van der Waals surface area contributed by atoms with Gasteiger partial charge in [0.15, 0.2) is 11.5 Å². The minimum Gasteiger partial charge on any atom is -0.486 e. The molecule has 1 aromatic rings. The van der Waals surface area contributed by atoms with Gasteiger partial charge in [-0.2, -0.15) is 5.26 Å². The molecular weight excluding hydrogens is 294 g/mol. The van der Waals surface area contributed by atoms with Crippen molar-refractivity contribution in [3.05, 3.63) is 22.7 Å². The van der Waals surface area contributed by atoms with Crippen LogP contribution in [0.3, 0.4) is 0 Å². The van der Waals surface area contributed by atoms with Crippen molar-refractivity contribution in [3.8, 4) is 17.6 Å². The van der Waals surface area contributed by atoms with Gasteiger partial charge in [0.05, 0.1) is 22.6 Å². The van der Waals surface area contributed by atoms with Crippen molar-refractivity contribution >= 4 is 11.6 Å². The number of rotatable bonds is 2. The van der Waals surface area contributed by atoms with Gasteiger partial charge in [-0.3, -0.25) is 0 Å². The third-order valence-corrected chi connectivity index (χ3v) is 4.35. The zero-order chi connectivity index (χ0) is 14.9. The van der Waals surface area contributed by atoms with Gasteiger partial charge in [0.25, 0.3) is 0 Å². The molecule has 1 unspecified atom stereocenters. The molecule has 1 aromatic carbocycles. The third-order valence-electron chi connectivity index (χ3n) is 4.07. The molecule has 2 heterocycles. The van der Waals surface area contributed by atoms with E-state index in [4.69, 9.17) is 25.8 Å². The summed E-state index contributed by atoms with van der Waals surface area (Å²) in [6.45, 7) is 1.85. The smallest absolute Gasteiger partial charge is 0.179 e. The summed E-state index contributed by atoms with van der Waals surface area (Å²) in [5, 5.41) is 20.6. The number of benzene rings is 1. The summed E-state index contributed by atoms with van der Waals surface area (Å²) in [4.78, 5) is 0. The van der Waals surface area contributed by atoms with Gasteiger partial charge in [-0.25, -0.2) is 0 Å². The molecule has 1 N–H and O–H groups in total. The first kappa shape index (κ1) is 14.5. The minimum absolute atomic E-state index is 0.390. The zero-order valence-electron chi connectivity index (χ0n) is 11.5. The van der Waals surface area contributed by atoms with Gasteiger partial charge in [-0.1, -0.05) is 11.6 Å². The Morgan fingerprint density at radius 3 is 2.62 bits per heavy atom. The largest absolute Gasteiger partial charge is 0.486 e. The van der Waals surface area contributed by atoms with Crippen molar-refractivity contribution in [2.45, 2.75) is 18.9 Å². The van der Waals surface area contributed by atoms with E-state index >= 15 is 0 Å². The summed E-state index contributed by atoms with van der Waals surface area (Å²) in [6.07, 6.45) is 0.0627. The number of nitriles is 1. The topological polar surface area (TPSA) is 71.7 Å². The van der Waals surface area contributed by atoms with Crippen molar-refractivity contribution in [2.24, 2.45) is 5.41 Å². The normalized spacial score (nSPS) is 21.4. The molecule has 2 aliphatic rings. The first-order valence-corrected chi connectivity index (χ1v) is 7.30. The fourth-order valence-corrected chi connectivity index (χ4v) is 3.06. The third kappa shape index (κ3) is 2.55. The molecule has 21 heavy (non-hydrogen) atoms. The number of hydrogen-bond donors (Lipinski definition) is 1. The first-order chi connectivity index (χ1) is 10.2. The first-order valence-electron chi connectivity index (χ1n) is 6.92. The van der Waals surface area contributed by atoms with Crippen molar-refractivity contribution in [2.75, 3.05) is 26.4 Å².